The monoisotopic (exact) mass is 423 g/mol. The number of aromatic nitrogens is 1. The van der Waals surface area contributed by atoms with Crippen LogP contribution in [0.1, 0.15) is 32.9 Å². The predicted octanol–water partition coefficient (Wildman–Crippen LogP) is 4.91. The maximum Gasteiger partial charge on any atom is 0.265 e. The summed E-state index contributed by atoms with van der Waals surface area (Å²) in [5, 5.41) is 0.756. The number of nitrogens with zero attached hydrogens (tertiary/aromatic N) is 3. The zero-order valence-electron chi connectivity index (χ0n) is 17.4. The van der Waals surface area contributed by atoms with E-state index in [1.807, 2.05) is 11.8 Å². The lowest BCUT2D eigenvalue weighted by atomic mass is 10.1. The Labute approximate surface area is 181 Å². The molecule has 4 nitrogen and oxygen atoms in total. The number of rotatable bonds is 4. The van der Waals surface area contributed by atoms with Gasteiger partial charge in [0.05, 0.1) is 5.69 Å². The van der Waals surface area contributed by atoms with Gasteiger partial charge in [-0.25, -0.2) is 9.37 Å². The average Bonchev–Trinajstić information content (AvgIpc) is 2.97. The van der Waals surface area contributed by atoms with Gasteiger partial charge in [-0.2, -0.15) is 0 Å². The van der Waals surface area contributed by atoms with Crippen LogP contribution in [0.15, 0.2) is 48.5 Å². The fourth-order valence-corrected chi connectivity index (χ4v) is 4.85. The molecule has 4 rings (SSSR count). The number of hydrogen-bond acceptors (Lipinski definition) is 4. The number of halogens is 1. The number of aryl methyl sites for hydroxylation is 2. The van der Waals surface area contributed by atoms with Gasteiger partial charge in [0, 0.05) is 38.3 Å². The summed E-state index contributed by atoms with van der Waals surface area (Å²) < 4.78 is 13.2. The van der Waals surface area contributed by atoms with Gasteiger partial charge >= 0.3 is 0 Å². The van der Waals surface area contributed by atoms with Crippen LogP contribution < -0.4 is 0 Å². The highest BCUT2D eigenvalue weighted by molar-refractivity contribution is 7.17. The Kier molecular flexibility index (Phi) is 6.25. The third kappa shape index (κ3) is 4.60. The standard InChI is InChI=1S/C24H26FN3OS/c1-17-6-3-4-7-20(17)16-27-12-5-13-28(15-14-27)24(29)22-18(2)26-23(30-22)19-8-10-21(25)11-9-19/h3-4,6-11H,5,12-16H2,1-2H3. The SMILES string of the molecule is Cc1ccccc1CN1CCCN(C(=O)c2sc(-c3ccc(F)cc3)nc2C)CC1. The third-order valence-electron chi connectivity index (χ3n) is 5.61. The molecule has 0 unspecified atom stereocenters. The van der Waals surface area contributed by atoms with Crippen molar-refractivity contribution in [1.82, 2.24) is 14.8 Å². The quantitative estimate of drug-likeness (QED) is 0.598. The summed E-state index contributed by atoms with van der Waals surface area (Å²) in [6.07, 6.45) is 0.959. The highest BCUT2D eigenvalue weighted by atomic mass is 32.1. The number of thiazole rings is 1. The number of hydrogen-bond donors (Lipinski definition) is 0. The van der Waals surface area contributed by atoms with E-state index in [0.717, 1.165) is 48.9 Å². The van der Waals surface area contributed by atoms with E-state index in [-0.39, 0.29) is 11.7 Å². The van der Waals surface area contributed by atoms with Crippen LogP contribution in [0.2, 0.25) is 0 Å². The van der Waals surface area contributed by atoms with Gasteiger partial charge in [-0.15, -0.1) is 11.3 Å². The molecule has 1 aliphatic heterocycles. The second-order valence-electron chi connectivity index (χ2n) is 7.79. The molecule has 0 bridgehead atoms. The van der Waals surface area contributed by atoms with Crippen LogP contribution in [0.3, 0.4) is 0 Å². The predicted molar refractivity (Wildman–Crippen MR) is 119 cm³/mol. The Morgan fingerprint density at radius 1 is 1.03 bits per heavy atom. The van der Waals surface area contributed by atoms with Gasteiger partial charge in [-0.05, 0) is 55.7 Å². The molecule has 1 saturated heterocycles. The maximum atomic E-state index is 13.2. The van der Waals surface area contributed by atoms with Crippen molar-refractivity contribution in [2.24, 2.45) is 0 Å². The Hall–Kier alpha value is -2.57. The van der Waals surface area contributed by atoms with Crippen LogP contribution in [0.25, 0.3) is 10.6 Å². The normalized spacial score (nSPS) is 15.2. The van der Waals surface area contributed by atoms with Gasteiger partial charge in [0.15, 0.2) is 0 Å². The van der Waals surface area contributed by atoms with Gasteiger partial charge in [0.25, 0.3) is 5.91 Å². The second kappa shape index (κ2) is 9.06. The van der Waals surface area contributed by atoms with E-state index < -0.39 is 0 Å². The molecule has 3 aromatic rings. The number of carbonyl (C=O) groups excluding carboxylic acids is 1. The van der Waals surface area contributed by atoms with Gasteiger partial charge in [0.1, 0.15) is 15.7 Å². The topological polar surface area (TPSA) is 36.4 Å². The molecule has 1 aliphatic rings. The molecule has 0 spiro atoms. The minimum Gasteiger partial charge on any atom is -0.337 e. The Bertz CT molecular complexity index is 1030. The summed E-state index contributed by atoms with van der Waals surface area (Å²) in [4.78, 5) is 22.8. The summed E-state index contributed by atoms with van der Waals surface area (Å²) in [5.74, 6) is -0.223. The first-order chi connectivity index (χ1) is 14.5. The highest BCUT2D eigenvalue weighted by Gasteiger charge is 2.24. The summed E-state index contributed by atoms with van der Waals surface area (Å²) >= 11 is 1.39. The van der Waals surface area contributed by atoms with E-state index in [2.05, 4.69) is 41.1 Å². The summed E-state index contributed by atoms with van der Waals surface area (Å²) in [6.45, 7) is 8.26. The molecule has 0 aliphatic carbocycles. The fraction of sp³-hybridized carbons (Fsp3) is 0.333. The molecule has 1 fully saturated rings. The average molecular weight is 424 g/mol. The van der Waals surface area contributed by atoms with Gasteiger partial charge in [-0.3, -0.25) is 9.69 Å². The summed E-state index contributed by atoms with van der Waals surface area (Å²) in [6, 6.07) is 14.7. The molecule has 2 heterocycles. The fourth-order valence-electron chi connectivity index (χ4n) is 3.81. The van der Waals surface area contributed by atoms with Crippen molar-refractivity contribution in [1.29, 1.82) is 0 Å². The van der Waals surface area contributed by atoms with Crippen LogP contribution in [0.4, 0.5) is 4.39 Å². The van der Waals surface area contributed by atoms with Crippen molar-refractivity contribution < 1.29 is 9.18 Å². The van der Waals surface area contributed by atoms with Crippen molar-refractivity contribution in [3.05, 3.63) is 76.0 Å². The van der Waals surface area contributed by atoms with E-state index in [1.165, 1.54) is 34.6 Å². The first kappa shape index (κ1) is 20.7. The van der Waals surface area contributed by atoms with Crippen LogP contribution >= 0.6 is 11.3 Å². The number of benzene rings is 2. The zero-order valence-corrected chi connectivity index (χ0v) is 18.2. The summed E-state index contributed by atoms with van der Waals surface area (Å²) in [5.41, 5.74) is 4.23. The minimum atomic E-state index is -0.275. The van der Waals surface area contributed by atoms with E-state index in [0.29, 0.717) is 11.4 Å². The molecule has 0 atom stereocenters. The highest BCUT2D eigenvalue weighted by Crippen LogP contribution is 2.29. The smallest absolute Gasteiger partial charge is 0.265 e. The molecule has 6 heteroatoms. The van der Waals surface area contributed by atoms with Crippen LogP contribution in [-0.4, -0.2) is 46.9 Å². The molecular formula is C24H26FN3OS. The molecule has 0 N–H and O–H groups in total. The van der Waals surface area contributed by atoms with E-state index in [1.54, 1.807) is 12.1 Å². The lowest BCUT2D eigenvalue weighted by molar-refractivity contribution is 0.0765. The van der Waals surface area contributed by atoms with Gasteiger partial charge in [0.2, 0.25) is 0 Å². The summed E-state index contributed by atoms with van der Waals surface area (Å²) in [7, 11) is 0. The molecule has 1 aromatic heterocycles. The van der Waals surface area contributed by atoms with E-state index in [4.69, 9.17) is 0 Å². The number of amides is 1. The maximum absolute atomic E-state index is 13.2. The van der Waals surface area contributed by atoms with Crippen LogP contribution in [0.5, 0.6) is 0 Å². The van der Waals surface area contributed by atoms with Crippen molar-refractivity contribution in [3.63, 3.8) is 0 Å². The van der Waals surface area contributed by atoms with Crippen molar-refractivity contribution in [2.45, 2.75) is 26.8 Å². The van der Waals surface area contributed by atoms with Crippen molar-refractivity contribution in [3.8, 4) is 10.6 Å². The van der Waals surface area contributed by atoms with Crippen LogP contribution in [-0.2, 0) is 6.54 Å². The lowest BCUT2D eigenvalue weighted by Crippen LogP contribution is -2.35. The molecule has 30 heavy (non-hydrogen) atoms. The second-order valence-corrected chi connectivity index (χ2v) is 8.79. The first-order valence-corrected chi connectivity index (χ1v) is 11.1. The zero-order chi connectivity index (χ0) is 21.1. The molecule has 0 radical (unpaired) electrons. The molecular weight excluding hydrogens is 397 g/mol. The van der Waals surface area contributed by atoms with Gasteiger partial charge < -0.3 is 4.90 Å². The Balaban J connectivity index is 1.44. The molecule has 1 amide bonds. The minimum absolute atomic E-state index is 0.0519. The molecule has 0 saturated carbocycles. The first-order valence-electron chi connectivity index (χ1n) is 10.3. The Morgan fingerprint density at radius 2 is 1.80 bits per heavy atom. The number of carbonyl (C=O) groups is 1. The molecule has 2 aromatic carbocycles. The van der Waals surface area contributed by atoms with Crippen molar-refractivity contribution >= 4 is 17.2 Å². The Morgan fingerprint density at radius 3 is 2.57 bits per heavy atom. The molecule has 156 valence electrons. The largest absolute Gasteiger partial charge is 0.337 e. The van der Waals surface area contributed by atoms with Crippen LogP contribution in [0, 0.1) is 19.7 Å². The van der Waals surface area contributed by atoms with E-state index in [9.17, 15) is 9.18 Å². The third-order valence-corrected chi connectivity index (χ3v) is 6.81. The lowest BCUT2D eigenvalue weighted by Gasteiger charge is -2.22. The van der Waals surface area contributed by atoms with Gasteiger partial charge in [-0.1, -0.05) is 24.3 Å². The van der Waals surface area contributed by atoms with Crippen molar-refractivity contribution in [2.75, 3.05) is 26.2 Å². The van der Waals surface area contributed by atoms with E-state index >= 15 is 0 Å².